The Morgan fingerprint density at radius 3 is 2.48 bits per heavy atom. The molecule has 0 aliphatic carbocycles. The van der Waals surface area contributed by atoms with E-state index in [0.29, 0.717) is 11.5 Å². The first-order valence-corrected chi connectivity index (χ1v) is 12.0. The Kier molecular flexibility index (Phi) is 8.74. The number of aromatic nitrogens is 2. The summed E-state index contributed by atoms with van der Waals surface area (Å²) in [5.41, 5.74) is 5.78. The SMILES string of the molecule is COc1ccc(C=NNC(=O)CSc2nnc(SCc3ccc(C)cc3)s2)cc1OC. The van der Waals surface area contributed by atoms with E-state index in [1.165, 1.54) is 34.2 Å². The van der Waals surface area contributed by atoms with Gasteiger partial charge < -0.3 is 9.47 Å². The van der Waals surface area contributed by atoms with Crippen molar-refractivity contribution in [2.45, 2.75) is 21.4 Å². The van der Waals surface area contributed by atoms with Crippen molar-refractivity contribution in [2.75, 3.05) is 20.0 Å². The van der Waals surface area contributed by atoms with Crippen LogP contribution in [0, 0.1) is 6.92 Å². The normalized spacial score (nSPS) is 10.9. The summed E-state index contributed by atoms with van der Waals surface area (Å²) in [6.45, 7) is 2.07. The van der Waals surface area contributed by atoms with Gasteiger partial charge in [0.1, 0.15) is 0 Å². The fourth-order valence-electron chi connectivity index (χ4n) is 2.41. The van der Waals surface area contributed by atoms with Crippen molar-refractivity contribution < 1.29 is 14.3 Å². The van der Waals surface area contributed by atoms with E-state index in [0.717, 1.165) is 20.0 Å². The third-order valence-electron chi connectivity index (χ3n) is 4.01. The Morgan fingerprint density at radius 1 is 1.06 bits per heavy atom. The topological polar surface area (TPSA) is 85.7 Å². The summed E-state index contributed by atoms with van der Waals surface area (Å²) >= 11 is 4.46. The molecule has 31 heavy (non-hydrogen) atoms. The van der Waals surface area contributed by atoms with Crippen LogP contribution >= 0.6 is 34.9 Å². The summed E-state index contributed by atoms with van der Waals surface area (Å²) in [7, 11) is 3.14. The van der Waals surface area contributed by atoms with E-state index in [1.807, 2.05) is 6.07 Å². The van der Waals surface area contributed by atoms with E-state index in [9.17, 15) is 4.79 Å². The van der Waals surface area contributed by atoms with Gasteiger partial charge in [-0.25, -0.2) is 5.43 Å². The molecular weight excluding hydrogens is 452 g/mol. The van der Waals surface area contributed by atoms with Crippen LogP contribution < -0.4 is 14.9 Å². The van der Waals surface area contributed by atoms with Gasteiger partial charge in [-0.15, -0.1) is 10.2 Å². The number of hydrazone groups is 1. The molecule has 3 rings (SSSR count). The third-order valence-corrected chi connectivity index (χ3v) is 7.27. The summed E-state index contributed by atoms with van der Waals surface area (Å²) in [5, 5.41) is 12.3. The Balaban J connectivity index is 1.42. The van der Waals surface area contributed by atoms with Crippen LogP contribution in [0.1, 0.15) is 16.7 Å². The Hall–Kier alpha value is -2.56. The molecule has 0 saturated heterocycles. The van der Waals surface area contributed by atoms with Crippen LogP contribution in [-0.2, 0) is 10.5 Å². The molecule has 1 heterocycles. The van der Waals surface area contributed by atoms with Crippen molar-refractivity contribution in [1.29, 1.82) is 0 Å². The van der Waals surface area contributed by atoms with Crippen LogP contribution in [0.15, 0.2) is 56.2 Å². The van der Waals surface area contributed by atoms with E-state index in [4.69, 9.17) is 9.47 Å². The van der Waals surface area contributed by atoms with Gasteiger partial charge in [0.2, 0.25) is 0 Å². The van der Waals surface area contributed by atoms with Crippen molar-refractivity contribution in [3.63, 3.8) is 0 Å². The summed E-state index contributed by atoms with van der Waals surface area (Å²) in [6, 6.07) is 13.8. The predicted molar refractivity (Wildman–Crippen MR) is 127 cm³/mol. The molecule has 0 bridgehead atoms. The number of nitrogens with zero attached hydrogens (tertiary/aromatic N) is 3. The number of carbonyl (C=O) groups excluding carboxylic acids is 1. The number of nitrogens with one attached hydrogen (secondary N) is 1. The fraction of sp³-hybridized carbons (Fsp3) is 0.238. The number of hydrogen-bond donors (Lipinski definition) is 1. The molecule has 0 saturated carbocycles. The first-order chi connectivity index (χ1) is 15.1. The van der Waals surface area contributed by atoms with Gasteiger partial charge in [0, 0.05) is 5.75 Å². The van der Waals surface area contributed by atoms with Crippen LogP contribution in [0.3, 0.4) is 0 Å². The molecule has 0 unspecified atom stereocenters. The molecule has 2 aromatic carbocycles. The van der Waals surface area contributed by atoms with Crippen LogP contribution in [-0.4, -0.2) is 42.3 Å². The molecule has 1 amide bonds. The number of ether oxygens (including phenoxy) is 2. The zero-order valence-electron chi connectivity index (χ0n) is 17.3. The average molecular weight is 475 g/mol. The third kappa shape index (κ3) is 7.27. The first kappa shape index (κ1) is 23.1. The molecular formula is C21H22N4O3S3. The highest BCUT2D eigenvalue weighted by Crippen LogP contribution is 2.30. The minimum atomic E-state index is -0.217. The fourth-order valence-corrected chi connectivity index (χ4v) is 5.18. The lowest BCUT2D eigenvalue weighted by Gasteiger charge is -2.07. The number of rotatable bonds is 10. The maximum Gasteiger partial charge on any atom is 0.250 e. The summed E-state index contributed by atoms with van der Waals surface area (Å²) in [4.78, 5) is 12.0. The summed E-state index contributed by atoms with van der Waals surface area (Å²) in [6.07, 6.45) is 1.55. The summed E-state index contributed by atoms with van der Waals surface area (Å²) in [5.74, 6) is 2.06. The number of amides is 1. The van der Waals surface area contributed by atoms with Gasteiger partial charge in [-0.1, -0.05) is 64.7 Å². The molecule has 162 valence electrons. The van der Waals surface area contributed by atoms with Gasteiger partial charge in [0.25, 0.3) is 5.91 Å². The molecule has 0 fully saturated rings. The van der Waals surface area contributed by atoms with Crippen molar-refractivity contribution >= 4 is 47.0 Å². The number of aryl methyl sites for hydroxylation is 1. The monoisotopic (exact) mass is 474 g/mol. The molecule has 1 aromatic heterocycles. The molecule has 0 radical (unpaired) electrons. The van der Waals surface area contributed by atoms with Gasteiger partial charge in [0.15, 0.2) is 20.2 Å². The Bertz CT molecular complexity index is 1040. The largest absolute Gasteiger partial charge is 0.493 e. The molecule has 10 heteroatoms. The lowest BCUT2D eigenvalue weighted by Crippen LogP contribution is -2.19. The van der Waals surface area contributed by atoms with Crippen molar-refractivity contribution in [3.8, 4) is 11.5 Å². The minimum Gasteiger partial charge on any atom is -0.493 e. The second-order valence-electron chi connectivity index (χ2n) is 6.30. The van der Waals surface area contributed by atoms with Gasteiger partial charge in [-0.3, -0.25) is 4.79 Å². The van der Waals surface area contributed by atoms with Crippen molar-refractivity contribution in [1.82, 2.24) is 15.6 Å². The molecule has 0 aliphatic heterocycles. The van der Waals surface area contributed by atoms with Gasteiger partial charge in [0.05, 0.1) is 26.2 Å². The van der Waals surface area contributed by atoms with Crippen LogP contribution in [0.2, 0.25) is 0 Å². The van der Waals surface area contributed by atoms with Gasteiger partial charge in [-0.2, -0.15) is 5.10 Å². The van der Waals surface area contributed by atoms with E-state index < -0.39 is 0 Å². The van der Waals surface area contributed by atoms with Crippen LogP contribution in [0.25, 0.3) is 0 Å². The van der Waals surface area contributed by atoms with Crippen LogP contribution in [0.5, 0.6) is 11.5 Å². The molecule has 7 nitrogen and oxygen atoms in total. The quantitative estimate of drug-likeness (QED) is 0.265. The van der Waals surface area contributed by atoms with E-state index in [2.05, 4.69) is 51.9 Å². The second kappa shape index (κ2) is 11.7. The van der Waals surface area contributed by atoms with Gasteiger partial charge in [-0.05, 0) is 36.2 Å². The maximum atomic E-state index is 12.0. The first-order valence-electron chi connectivity index (χ1n) is 9.26. The van der Waals surface area contributed by atoms with E-state index >= 15 is 0 Å². The van der Waals surface area contributed by atoms with Crippen molar-refractivity contribution in [3.05, 3.63) is 59.2 Å². The zero-order chi connectivity index (χ0) is 22.1. The number of methoxy groups -OCH3 is 2. The number of benzene rings is 2. The molecule has 0 spiro atoms. The highest BCUT2D eigenvalue weighted by molar-refractivity contribution is 8.03. The smallest absolute Gasteiger partial charge is 0.250 e. The molecule has 0 atom stereocenters. The van der Waals surface area contributed by atoms with Crippen LogP contribution in [0.4, 0.5) is 0 Å². The minimum absolute atomic E-state index is 0.209. The number of thioether (sulfide) groups is 2. The average Bonchev–Trinajstić information content (AvgIpc) is 3.25. The lowest BCUT2D eigenvalue weighted by atomic mass is 10.2. The molecule has 1 N–H and O–H groups in total. The van der Waals surface area contributed by atoms with Crippen molar-refractivity contribution in [2.24, 2.45) is 5.10 Å². The highest BCUT2D eigenvalue weighted by Gasteiger charge is 2.09. The van der Waals surface area contributed by atoms with E-state index in [-0.39, 0.29) is 11.7 Å². The molecule has 0 aliphatic rings. The van der Waals surface area contributed by atoms with Gasteiger partial charge >= 0.3 is 0 Å². The Labute approximate surface area is 193 Å². The molecule has 3 aromatic rings. The Morgan fingerprint density at radius 2 is 1.77 bits per heavy atom. The highest BCUT2D eigenvalue weighted by atomic mass is 32.2. The maximum absolute atomic E-state index is 12.0. The predicted octanol–water partition coefficient (Wildman–Crippen LogP) is 4.40. The standard InChI is InChI=1S/C21H22N4O3S3/c1-14-4-6-15(7-5-14)12-29-20-24-25-21(31-20)30-13-19(26)23-22-11-16-8-9-17(27-2)18(10-16)28-3/h4-11H,12-13H2,1-3H3,(H,23,26). The lowest BCUT2D eigenvalue weighted by molar-refractivity contribution is -0.118. The zero-order valence-corrected chi connectivity index (χ0v) is 19.8. The number of hydrogen-bond acceptors (Lipinski definition) is 9. The second-order valence-corrected chi connectivity index (χ2v) is 9.73. The van der Waals surface area contributed by atoms with E-state index in [1.54, 1.807) is 44.3 Å². The summed E-state index contributed by atoms with van der Waals surface area (Å²) < 4.78 is 12.1. The number of carbonyl (C=O) groups is 1.